The van der Waals surface area contributed by atoms with Crippen molar-refractivity contribution in [3.05, 3.63) is 69.7 Å². The molecule has 2 aromatic carbocycles. The summed E-state index contributed by atoms with van der Waals surface area (Å²) in [7, 11) is 0. The van der Waals surface area contributed by atoms with Gasteiger partial charge in [0.1, 0.15) is 0 Å². The van der Waals surface area contributed by atoms with Gasteiger partial charge < -0.3 is 5.32 Å². The van der Waals surface area contributed by atoms with Gasteiger partial charge in [0, 0.05) is 16.1 Å². The molecule has 1 atom stereocenters. The summed E-state index contributed by atoms with van der Waals surface area (Å²) in [6.45, 7) is 3.14. The van der Waals surface area contributed by atoms with E-state index in [1.54, 1.807) is 0 Å². The molecule has 0 heterocycles. The van der Waals surface area contributed by atoms with Crippen molar-refractivity contribution >= 4 is 23.2 Å². The monoisotopic (exact) mass is 307 g/mol. The second-order valence-corrected chi connectivity index (χ2v) is 5.70. The number of benzene rings is 2. The first-order valence-corrected chi connectivity index (χ1v) is 7.68. The molecule has 1 unspecified atom stereocenters. The summed E-state index contributed by atoms with van der Waals surface area (Å²) in [6, 6.07) is 16.3. The Morgan fingerprint density at radius 2 is 1.70 bits per heavy atom. The Balaban J connectivity index is 2.19. The highest BCUT2D eigenvalue weighted by molar-refractivity contribution is 6.31. The minimum absolute atomic E-state index is 0.227. The van der Waals surface area contributed by atoms with Crippen LogP contribution in [0.3, 0.4) is 0 Å². The first-order chi connectivity index (χ1) is 9.70. The van der Waals surface area contributed by atoms with Gasteiger partial charge in [-0.3, -0.25) is 0 Å². The van der Waals surface area contributed by atoms with Crippen LogP contribution in [0.25, 0.3) is 0 Å². The van der Waals surface area contributed by atoms with E-state index in [-0.39, 0.29) is 6.04 Å². The average Bonchev–Trinajstić information content (AvgIpc) is 2.46. The van der Waals surface area contributed by atoms with Gasteiger partial charge in [-0.2, -0.15) is 0 Å². The number of halogens is 2. The highest BCUT2D eigenvalue weighted by atomic mass is 35.5. The molecule has 1 nitrogen and oxygen atoms in total. The molecule has 1 N–H and O–H groups in total. The fourth-order valence-corrected chi connectivity index (χ4v) is 2.62. The van der Waals surface area contributed by atoms with Crippen LogP contribution in [0.4, 0.5) is 0 Å². The SMILES string of the molecule is CCCNC(Cc1ccc(Cl)cc1)c1ccccc1Cl. The van der Waals surface area contributed by atoms with E-state index < -0.39 is 0 Å². The number of hydrogen-bond donors (Lipinski definition) is 1. The third kappa shape index (κ3) is 4.24. The summed E-state index contributed by atoms with van der Waals surface area (Å²) in [4.78, 5) is 0. The zero-order chi connectivity index (χ0) is 14.4. The Labute approximate surface area is 130 Å². The van der Waals surface area contributed by atoms with Crippen molar-refractivity contribution in [2.24, 2.45) is 0 Å². The third-order valence-electron chi connectivity index (χ3n) is 3.27. The topological polar surface area (TPSA) is 12.0 Å². The predicted molar refractivity (Wildman–Crippen MR) is 87.6 cm³/mol. The molecule has 0 bridgehead atoms. The smallest absolute Gasteiger partial charge is 0.0453 e. The Kier molecular flexibility index (Phi) is 5.90. The molecule has 0 radical (unpaired) electrons. The molecule has 106 valence electrons. The van der Waals surface area contributed by atoms with Gasteiger partial charge in [0.25, 0.3) is 0 Å². The molecule has 0 fully saturated rings. The summed E-state index contributed by atoms with van der Waals surface area (Å²) < 4.78 is 0. The molecule has 2 aromatic rings. The van der Waals surface area contributed by atoms with Crippen molar-refractivity contribution in [1.82, 2.24) is 5.32 Å². The number of nitrogens with one attached hydrogen (secondary N) is 1. The fraction of sp³-hybridized carbons (Fsp3) is 0.294. The van der Waals surface area contributed by atoms with Crippen molar-refractivity contribution in [3.63, 3.8) is 0 Å². The summed E-state index contributed by atoms with van der Waals surface area (Å²) in [6.07, 6.45) is 2.00. The third-order valence-corrected chi connectivity index (χ3v) is 3.87. The van der Waals surface area contributed by atoms with Crippen molar-refractivity contribution < 1.29 is 0 Å². The largest absolute Gasteiger partial charge is 0.310 e. The van der Waals surface area contributed by atoms with Crippen molar-refractivity contribution in [3.8, 4) is 0 Å². The van der Waals surface area contributed by atoms with Crippen LogP contribution in [0.1, 0.15) is 30.5 Å². The van der Waals surface area contributed by atoms with Gasteiger partial charge in [-0.25, -0.2) is 0 Å². The average molecular weight is 308 g/mol. The zero-order valence-corrected chi connectivity index (χ0v) is 13.1. The van der Waals surface area contributed by atoms with Crippen LogP contribution >= 0.6 is 23.2 Å². The fourth-order valence-electron chi connectivity index (χ4n) is 2.22. The normalized spacial score (nSPS) is 12.3. The molecule has 0 aliphatic heterocycles. The van der Waals surface area contributed by atoms with Crippen molar-refractivity contribution in [1.29, 1.82) is 0 Å². The molecule has 20 heavy (non-hydrogen) atoms. The summed E-state index contributed by atoms with van der Waals surface area (Å²) in [5.74, 6) is 0. The summed E-state index contributed by atoms with van der Waals surface area (Å²) in [5, 5.41) is 5.16. The van der Waals surface area contributed by atoms with Crippen LogP contribution in [0, 0.1) is 0 Å². The van der Waals surface area contributed by atoms with Gasteiger partial charge in [0.2, 0.25) is 0 Å². The molecule has 0 aromatic heterocycles. The lowest BCUT2D eigenvalue weighted by Crippen LogP contribution is -2.24. The number of rotatable bonds is 6. The standard InChI is InChI=1S/C17H19Cl2N/c1-2-11-20-17(15-5-3-4-6-16(15)19)12-13-7-9-14(18)10-8-13/h3-10,17,20H,2,11-12H2,1H3. The highest BCUT2D eigenvalue weighted by Crippen LogP contribution is 2.26. The minimum atomic E-state index is 0.227. The quantitative estimate of drug-likeness (QED) is 0.766. The van der Waals surface area contributed by atoms with Crippen molar-refractivity contribution in [2.75, 3.05) is 6.54 Å². The van der Waals surface area contributed by atoms with Gasteiger partial charge in [-0.15, -0.1) is 0 Å². The van der Waals surface area contributed by atoms with Gasteiger partial charge in [-0.1, -0.05) is 60.5 Å². The summed E-state index contributed by atoms with van der Waals surface area (Å²) >= 11 is 12.3. The van der Waals surface area contributed by atoms with Gasteiger partial charge in [0.05, 0.1) is 0 Å². The van der Waals surface area contributed by atoms with Crippen LogP contribution in [0.15, 0.2) is 48.5 Å². The minimum Gasteiger partial charge on any atom is -0.310 e. The maximum Gasteiger partial charge on any atom is 0.0453 e. The number of hydrogen-bond acceptors (Lipinski definition) is 1. The second-order valence-electron chi connectivity index (χ2n) is 4.86. The van der Waals surface area contributed by atoms with Gasteiger partial charge in [-0.05, 0) is 48.7 Å². The zero-order valence-electron chi connectivity index (χ0n) is 11.6. The molecule has 0 saturated heterocycles. The maximum absolute atomic E-state index is 6.33. The lowest BCUT2D eigenvalue weighted by atomic mass is 9.98. The Hall–Kier alpha value is -1.02. The summed E-state index contributed by atoms with van der Waals surface area (Å²) in [5.41, 5.74) is 2.40. The first-order valence-electron chi connectivity index (χ1n) is 6.93. The van der Waals surface area contributed by atoms with Crippen LogP contribution in [0.5, 0.6) is 0 Å². The van der Waals surface area contributed by atoms with E-state index in [0.29, 0.717) is 0 Å². The molecule has 2 rings (SSSR count). The molecule has 3 heteroatoms. The van der Waals surface area contributed by atoms with E-state index in [2.05, 4.69) is 30.4 Å². The van der Waals surface area contributed by atoms with Crippen LogP contribution in [-0.4, -0.2) is 6.54 Å². The highest BCUT2D eigenvalue weighted by Gasteiger charge is 2.14. The first kappa shape index (κ1) is 15.4. The predicted octanol–water partition coefficient (Wildman–Crippen LogP) is 5.28. The Bertz CT molecular complexity index is 537. The van der Waals surface area contributed by atoms with Gasteiger partial charge >= 0.3 is 0 Å². The van der Waals surface area contributed by atoms with Crippen molar-refractivity contribution in [2.45, 2.75) is 25.8 Å². The van der Waals surface area contributed by atoms with Crippen LogP contribution in [-0.2, 0) is 6.42 Å². The second kappa shape index (κ2) is 7.68. The molecule has 0 spiro atoms. The Morgan fingerprint density at radius 1 is 1.00 bits per heavy atom. The molecule has 0 aliphatic rings. The van der Waals surface area contributed by atoms with E-state index in [1.807, 2.05) is 30.3 Å². The van der Waals surface area contributed by atoms with E-state index >= 15 is 0 Å². The molecule has 0 saturated carbocycles. The van der Waals surface area contributed by atoms with E-state index in [1.165, 1.54) is 5.56 Å². The van der Waals surface area contributed by atoms with Gasteiger partial charge in [0.15, 0.2) is 0 Å². The Morgan fingerprint density at radius 3 is 2.35 bits per heavy atom. The lowest BCUT2D eigenvalue weighted by Gasteiger charge is -2.20. The van der Waals surface area contributed by atoms with Crippen LogP contribution < -0.4 is 5.32 Å². The molecular weight excluding hydrogens is 289 g/mol. The van der Waals surface area contributed by atoms with E-state index in [0.717, 1.165) is 35.0 Å². The molecule has 0 amide bonds. The lowest BCUT2D eigenvalue weighted by molar-refractivity contribution is 0.529. The van der Waals surface area contributed by atoms with E-state index in [4.69, 9.17) is 23.2 Å². The van der Waals surface area contributed by atoms with Crippen LogP contribution in [0.2, 0.25) is 10.0 Å². The van der Waals surface area contributed by atoms with E-state index in [9.17, 15) is 0 Å². The molecular formula is C17H19Cl2N. The molecule has 0 aliphatic carbocycles. The maximum atomic E-state index is 6.33.